The highest BCUT2D eigenvalue weighted by molar-refractivity contribution is 9.09. The van der Waals surface area contributed by atoms with Gasteiger partial charge in [-0.1, -0.05) is 29.8 Å². The minimum Gasteiger partial charge on any atom is -0.450 e. The highest BCUT2D eigenvalue weighted by Crippen LogP contribution is 2.22. The largest absolute Gasteiger partial charge is 0.450 e. The van der Waals surface area contributed by atoms with Crippen LogP contribution in [0.1, 0.15) is 27.2 Å². The lowest BCUT2D eigenvalue weighted by atomic mass is 9.83. The van der Waals surface area contributed by atoms with E-state index >= 15 is 0 Å². The van der Waals surface area contributed by atoms with Crippen LogP contribution < -0.4 is 5.32 Å². The third-order valence-electron chi connectivity index (χ3n) is 2.47. The Labute approximate surface area is 98.9 Å². The van der Waals surface area contributed by atoms with Crippen molar-refractivity contribution in [3.8, 4) is 0 Å². The molecule has 4 nitrogen and oxygen atoms in total. The van der Waals surface area contributed by atoms with Crippen molar-refractivity contribution >= 4 is 27.8 Å². The summed E-state index contributed by atoms with van der Waals surface area (Å²) in [6.45, 7) is 6.15. The molecule has 0 aliphatic heterocycles. The first-order chi connectivity index (χ1) is 7.00. The second kappa shape index (κ2) is 6.82. The summed E-state index contributed by atoms with van der Waals surface area (Å²) in [5.41, 5.74) is -0.518. The van der Waals surface area contributed by atoms with Gasteiger partial charge in [0.2, 0.25) is 0 Å². The van der Waals surface area contributed by atoms with Gasteiger partial charge in [-0.25, -0.2) is 4.79 Å². The molecule has 1 N–H and O–H groups in total. The van der Waals surface area contributed by atoms with E-state index in [9.17, 15) is 9.59 Å². The number of ether oxygens (including phenoxy) is 1. The number of hydrogen-bond donors (Lipinski definition) is 1. The van der Waals surface area contributed by atoms with Crippen LogP contribution in [0, 0.1) is 5.41 Å². The molecule has 0 fully saturated rings. The molecule has 0 rings (SSSR count). The minimum atomic E-state index is -0.518. The topological polar surface area (TPSA) is 55.4 Å². The molecular formula is C10H18BrNO3. The van der Waals surface area contributed by atoms with E-state index in [4.69, 9.17) is 4.74 Å². The molecule has 0 aliphatic carbocycles. The Morgan fingerprint density at radius 1 is 1.40 bits per heavy atom. The van der Waals surface area contributed by atoms with Crippen LogP contribution in [0.5, 0.6) is 0 Å². The predicted molar refractivity (Wildman–Crippen MR) is 62.2 cm³/mol. The number of carbonyl (C=O) groups excluding carboxylic acids is 2. The SMILES string of the molecule is CCOC(=O)NCC(C)(CC)C(=O)CBr. The van der Waals surface area contributed by atoms with E-state index in [0.29, 0.717) is 24.9 Å². The van der Waals surface area contributed by atoms with Crippen LogP contribution in [-0.2, 0) is 9.53 Å². The number of ketones is 1. The van der Waals surface area contributed by atoms with Crippen molar-refractivity contribution in [1.29, 1.82) is 0 Å². The zero-order chi connectivity index (χ0) is 11.9. The lowest BCUT2D eigenvalue weighted by Gasteiger charge is -2.25. The first-order valence-corrected chi connectivity index (χ1v) is 6.12. The lowest BCUT2D eigenvalue weighted by molar-refractivity contribution is -0.125. The molecule has 1 unspecified atom stereocenters. The van der Waals surface area contributed by atoms with Crippen molar-refractivity contribution in [2.24, 2.45) is 5.41 Å². The van der Waals surface area contributed by atoms with Gasteiger partial charge in [-0.05, 0) is 13.3 Å². The fourth-order valence-electron chi connectivity index (χ4n) is 1.03. The molecule has 15 heavy (non-hydrogen) atoms. The number of carbonyl (C=O) groups is 2. The predicted octanol–water partition coefficient (Wildman–Crippen LogP) is 2.11. The van der Waals surface area contributed by atoms with Crippen LogP contribution in [0.3, 0.4) is 0 Å². The second-order valence-electron chi connectivity index (χ2n) is 3.55. The molecule has 0 aromatic carbocycles. The van der Waals surface area contributed by atoms with E-state index in [-0.39, 0.29) is 5.78 Å². The lowest BCUT2D eigenvalue weighted by Crippen LogP contribution is -2.41. The molecule has 0 saturated carbocycles. The zero-order valence-corrected chi connectivity index (χ0v) is 11.0. The Morgan fingerprint density at radius 2 is 2.00 bits per heavy atom. The Bertz CT molecular complexity index is 233. The molecule has 0 spiro atoms. The molecule has 1 atom stereocenters. The molecular weight excluding hydrogens is 262 g/mol. The highest BCUT2D eigenvalue weighted by Gasteiger charge is 2.30. The van der Waals surface area contributed by atoms with Crippen LogP contribution in [0.25, 0.3) is 0 Å². The van der Waals surface area contributed by atoms with Gasteiger partial charge in [0.05, 0.1) is 11.9 Å². The summed E-state index contributed by atoms with van der Waals surface area (Å²) in [5.74, 6) is 0.0850. The summed E-state index contributed by atoms with van der Waals surface area (Å²) in [6, 6.07) is 0. The molecule has 5 heteroatoms. The van der Waals surface area contributed by atoms with Gasteiger partial charge < -0.3 is 10.1 Å². The molecule has 0 aromatic rings. The summed E-state index contributed by atoms with van der Waals surface area (Å²) < 4.78 is 4.72. The van der Waals surface area contributed by atoms with Gasteiger partial charge in [0, 0.05) is 12.0 Å². The van der Waals surface area contributed by atoms with Gasteiger partial charge in [0.25, 0.3) is 0 Å². The average molecular weight is 280 g/mol. The Morgan fingerprint density at radius 3 is 2.40 bits per heavy atom. The number of Topliss-reactive ketones (excluding diaryl/α,β-unsaturated/α-hetero) is 1. The molecule has 0 aliphatic rings. The summed E-state index contributed by atoms with van der Waals surface area (Å²) >= 11 is 3.14. The molecule has 88 valence electrons. The summed E-state index contributed by atoms with van der Waals surface area (Å²) in [4.78, 5) is 22.7. The Kier molecular flexibility index (Phi) is 6.56. The van der Waals surface area contributed by atoms with Gasteiger partial charge in [-0.3, -0.25) is 4.79 Å². The average Bonchev–Trinajstić information content (AvgIpc) is 2.25. The van der Waals surface area contributed by atoms with Crippen molar-refractivity contribution < 1.29 is 14.3 Å². The quantitative estimate of drug-likeness (QED) is 0.758. The van der Waals surface area contributed by atoms with Crippen LogP contribution in [0.4, 0.5) is 4.79 Å². The van der Waals surface area contributed by atoms with Crippen molar-refractivity contribution in [1.82, 2.24) is 5.32 Å². The Hall–Kier alpha value is -0.580. The number of alkyl carbamates (subject to hydrolysis) is 1. The van der Waals surface area contributed by atoms with Gasteiger partial charge in [0.15, 0.2) is 5.78 Å². The molecule has 0 aromatic heterocycles. The number of halogens is 1. The number of hydrogen-bond acceptors (Lipinski definition) is 3. The number of rotatable bonds is 6. The normalized spacial score (nSPS) is 14.1. The van der Waals surface area contributed by atoms with Crippen molar-refractivity contribution in [2.45, 2.75) is 27.2 Å². The van der Waals surface area contributed by atoms with Crippen LogP contribution in [-0.4, -0.2) is 30.4 Å². The minimum absolute atomic E-state index is 0.0850. The smallest absolute Gasteiger partial charge is 0.407 e. The van der Waals surface area contributed by atoms with Gasteiger partial charge in [-0.2, -0.15) is 0 Å². The Balaban J connectivity index is 4.21. The van der Waals surface area contributed by atoms with E-state index in [2.05, 4.69) is 21.2 Å². The van der Waals surface area contributed by atoms with Crippen molar-refractivity contribution in [3.05, 3.63) is 0 Å². The fraction of sp³-hybridized carbons (Fsp3) is 0.800. The van der Waals surface area contributed by atoms with Gasteiger partial charge in [-0.15, -0.1) is 0 Å². The molecule has 0 heterocycles. The first-order valence-electron chi connectivity index (χ1n) is 5.00. The van der Waals surface area contributed by atoms with E-state index in [0.717, 1.165) is 0 Å². The van der Waals surface area contributed by atoms with Gasteiger partial charge in [0.1, 0.15) is 0 Å². The van der Waals surface area contributed by atoms with Crippen LogP contribution in [0.15, 0.2) is 0 Å². The maximum Gasteiger partial charge on any atom is 0.407 e. The van der Waals surface area contributed by atoms with Crippen LogP contribution >= 0.6 is 15.9 Å². The van der Waals surface area contributed by atoms with Crippen LogP contribution in [0.2, 0.25) is 0 Å². The second-order valence-corrected chi connectivity index (χ2v) is 4.11. The molecule has 0 radical (unpaired) electrons. The maximum absolute atomic E-state index is 11.6. The third-order valence-corrected chi connectivity index (χ3v) is 2.98. The first kappa shape index (κ1) is 14.4. The summed E-state index contributed by atoms with van der Waals surface area (Å²) in [7, 11) is 0. The summed E-state index contributed by atoms with van der Waals surface area (Å²) in [5, 5.41) is 2.89. The van der Waals surface area contributed by atoms with Crippen molar-refractivity contribution in [3.63, 3.8) is 0 Å². The number of alkyl halides is 1. The van der Waals surface area contributed by atoms with E-state index in [1.54, 1.807) is 6.92 Å². The standard InChI is InChI=1S/C10H18BrNO3/c1-4-10(3,8(13)6-11)7-12-9(14)15-5-2/h4-7H2,1-3H3,(H,12,14). The van der Waals surface area contributed by atoms with E-state index in [1.165, 1.54) is 0 Å². The number of nitrogens with one attached hydrogen (secondary N) is 1. The van der Waals surface area contributed by atoms with Crippen molar-refractivity contribution in [2.75, 3.05) is 18.5 Å². The maximum atomic E-state index is 11.6. The number of amides is 1. The molecule has 1 amide bonds. The highest BCUT2D eigenvalue weighted by atomic mass is 79.9. The molecule has 0 bridgehead atoms. The summed E-state index contributed by atoms with van der Waals surface area (Å²) in [6.07, 6.45) is 0.212. The van der Waals surface area contributed by atoms with Gasteiger partial charge >= 0.3 is 6.09 Å². The fourth-order valence-corrected chi connectivity index (χ4v) is 1.71. The monoisotopic (exact) mass is 279 g/mol. The molecule has 0 saturated heterocycles. The van der Waals surface area contributed by atoms with E-state index < -0.39 is 11.5 Å². The van der Waals surface area contributed by atoms with E-state index in [1.807, 2.05) is 13.8 Å². The zero-order valence-electron chi connectivity index (χ0n) is 9.43. The third kappa shape index (κ3) is 4.64.